The molecule has 0 N–H and O–H groups in total. The summed E-state index contributed by atoms with van der Waals surface area (Å²) in [4.78, 5) is 26.5. The molecule has 0 bridgehead atoms. The number of benzene rings is 1. The van der Waals surface area contributed by atoms with Gasteiger partial charge in [0.05, 0.1) is 16.6 Å². The van der Waals surface area contributed by atoms with Crippen LogP contribution in [0.25, 0.3) is 16.4 Å². The van der Waals surface area contributed by atoms with E-state index in [-0.39, 0.29) is 11.8 Å². The van der Waals surface area contributed by atoms with E-state index in [2.05, 4.69) is 6.58 Å². The van der Waals surface area contributed by atoms with E-state index in [9.17, 15) is 9.59 Å². The molecule has 0 atom stereocenters. The predicted molar refractivity (Wildman–Crippen MR) is 98.3 cm³/mol. The third kappa shape index (κ3) is 3.19. The lowest BCUT2D eigenvalue weighted by Gasteiger charge is -2.10. The second-order valence-corrected chi connectivity index (χ2v) is 6.07. The van der Waals surface area contributed by atoms with Crippen molar-refractivity contribution in [2.24, 2.45) is 0 Å². The smallest absolute Gasteiger partial charge is 0.341 e. The largest absolute Gasteiger partial charge is 0.461 e. The fraction of sp³-hybridized carbons (Fsp3) is 0.200. The summed E-state index contributed by atoms with van der Waals surface area (Å²) in [7, 11) is 3.85. The Morgan fingerprint density at radius 1 is 1.16 bits per heavy atom. The molecule has 0 saturated heterocycles. The maximum absolute atomic E-state index is 12.7. The number of likely N-dealkylation sites (N-methyl/N-ethyl adjacent to an activating group) is 1. The lowest BCUT2D eigenvalue weighted by Crippen LogP contribution is -2.20. The van der Waals surface area contributed by atoms with Crippen LogP contribution in [-0.2, 0) is 4.74 Å². The monoisotopic (exact) mass is 336 g/mol. The highest BCUT2D eigenvalue weighted by Gasteiger charge is 2.20. The standard InChI is InChI=1S/C20H20N2O3/c1-4-18(23)14-9-10-17-19(20(24)25-12-11-21(2)3)15-7-5-6-8-16(15)22(17)13-14/h4-10,13H,1,11-12H2,2-3H3. The van der Waals surface area contributed by atoms with Crippen LogP contribution in [0.5, 0.6) is 0 Å². The van der Waals surface area contributed by atoms with Gasteiger partial charge in [0.2, 0.25) is 0 Å². The number of ketones is 1. The molecule has 0 saturated carbocycles. The average Bonchev–Trinajstić information content (AvgIpc) is 2.94. The van der Waals surface area contributed by atoms with Gasteiger partial charge in [0.1, 0.15) is 6.61 Å². The number of nitrogens with zero attached hydrogens (tertiary/aromatic N) is 2. The molecule has 0 amide bonds. The fourth-order valence-electron chi connectivity index (χ4n) is 2.81. The van der Waals surface area contributed by atoms with Crippen LogP contribution in [0.15, 0.2) is 55.3 Å². The van der Waals surface area contributed by atoms with E-state index in [1.165, 1.54) is 6.08 Å². The van der Waals surface area contributed by atoms with Crippen molar-refractivity contribution in [2.45, 2.75) is 0 Å². The van der Waals surface area contributed by atoms with E-state index >= 15 is 0 Å². The number of allylic oxidation sites excluding steroid dienone is 1. The number of hydrogen-bond donors (Lipinski definition) is 0. The van der Waals surface area contributed by atoms with Crippen molar-refractivity contribution < 1.29 is 14.3 Å². The minimum absolute atomic E-state index is 0.158. The molecule has 0 unspecified atom stereocenters. The number of hydrogen-bond acceptors (Lipinski definition) is 4. The summed E-state index contributed by atoms with van der Waals surface area (Å²) < 4.78 is 7.29. The lowest BCUT2D eigenvalue weighted by atomic mass is 10.1. The van der Waals surface area contributed by atoms with Crippen LogP contribution in [0.1, 0.15) is 20.7 Å². The molecule has 128 valence electrons. The molecule has 3 rings (SSSR count). The molecule has 2 aromatic heterocycles. The van der Waals surface area contributed by atoms with Crippen molar-refractivity contribution >= 4 is 28.2 Å². The van der Waals surface area contributed by atoms with E-state index in [1.54, 1.807) is 18.3 Å². The quantitative estimate of drug-likeness (QED) is 0.394. The highest BCUT2D eigenvalue weighted by Crippen LogP contribution is 2.28. The summed E-state index contributed by atoms with van der Waals surface area (Å²) in [6.07, 6.45) is 3.02. The molecule has 5 heteroatoms. The van der Waals surface area contributed by atoms with Crippen LogP contribution in [0.3, 0.4) is 0 Å². The van der Waals surface area contributed by atoms with E-state index in [0.717, 1.165) is 16.4 Å². The predicted octanol–water partition coefficient (Wildman–Crippen LogP) is 3.18. The highest BCUT2D eigenvalue weighted by molar-refractivity contribution is 6.12. The van der Waals surface area contributed by atoms with Gasteiger partial charge in [-0.1, -0.05) is 24.8 Å². The Labute approximate surface area is 146 Å². The second kappa shape index (κ2) is 6.91. The molecule has 0 spiro atoms. The number of carbonyl (C=O) groups excluding carboxylic acids is 2. The summed E-state index contributed by atoms with van der Waals surface area (Å²) in [5.41, 5.74) is 2.62. The fourth-order valence-corrected chi connectivity index (χ4v) is 2.81. The Morgan fingerprint density at radius 2 is 1.92 bits per heavy atom. The van der Waals surface area contributed by atoms with Crippen molar-refractivity contribution in [3.8, 4) is 0 Å². The summed E-state index contributed by atoms with van der Waals surface area (Å²) in [6.45, 7) is 4.51. The average molecular weight is 336 g/mol. The zero-order chi connectivity index (χ0) is 18.0. The van der Waals surface area contributed by atoms with E-state index in [0.29, 0.717) is 24.3 Å². The van der Waals surface area contributed by atoms with Crippen molar-refractivity contribution in [1.29, 1.82) is 0 Å². The minimum Gasteiger partial charge on any atom is -0.461 e. The van der Waals surface area contributed by atoms with Crippen molar-refractivity contribution in [2.75, 3.05) is 27.2 Å². The zero-order valence-corrected chi connectivity index (χ0v) is 14.4. The Kier molecular flexibility index (Phi) is 4.67. The van der Waals surface area contributed by atoms with E-state index in [4.69, 9.17) is 4.74 Å². The van der Waals surface area contributed by atoms with Gasteiger partial charge < -0.3 is 14.0 Å². The Bertz CT molecular complexity index is 970. The maximum Gasteiger partial charge on any atom is 0.341 e. The molecular weight excluding hydrogens is 316 g/mol. The Balaban J connectivity index is 2.11. The van der Waals surface area contributed by atoms with E-state index in [1.807, 2.05) is 47.7 Å². The number of esters is 1. The van der Waals surface area contributed by atoms with Gasteiger partial charge in [-0.3, -0.25) is 4.79 Å². The van der Waals surface area contributed by atoms with Crippen molar-refractivity contribution in [3.05, 3.63) is 66.4 Å². The normalized spacial score (nSPS) is 11.2. The second-order valence-electron chi connectivity index (χ2n) is 6.07. The Morgan fingerprint density at radius 3 is 2.64 bits per heavy atom. The number of pyridine rings is 1. The SMILES string of the molecule is C=CC(=O)c1ccc2c(C(=O)OCCN(C)C)c3ccccc3n2c1. The van der Waals surface area contributed by atoms with Crippen LogP contribution in [0.2, 0.25) is 0 Å². The zero-order valence-electron chi connectivity index (χ0n) is 14.4. The van der Waals surface area contributed by atoms with Gasteiger partial charge in [-0.15, -0.1) is 0 Å². The number of fused-ring (bicyclic) bond motifs is 3. The number of aromatic nitrogens is 1. The first-order chi connectivity index (χ1) is 12.0. The summed E-state index contributed by atoms with van der Waals surface area (Å²) in [5, 5.41) is 0.806. The van der Waals surface area contributed by atoms with Gasteiger partial charge in [0, 0.05) is 23.7 Å². The van der Waals surface area contributed by atoms with Crippen LogP contribution in [-0.4, -0.2) is 48.3 Å². The maximum atomic E-state index is 12.7. The first-order valence-corrected chi connectivity index (χ1v) is 8.04. The molecule has 3 aromatic rings. The lowest BCUT2D eigenvalue weighted by molar-refractivity contribution is 0.0486. The van der Waals surface area contributed by atoms with Gasteiger partial charge in [0.25, 0.3) is 0 Å². The van der Waals surface area contributed by atoms with Crippen LogP contribution in [0, 0.1) is 0 Å². The van der Waals surface area contributed by atoms with Gasteiger partial charge in [0.15, 0.2) is 5.78 Å². The number of para-hydroxylation sites is 1. The summed E-state index contributed by atoms with van der Waals surface area (Å²) in [5.74, 6) is -0.516. The Hall–Kier alpha value is -2.92. The molecule has 0 aliphatic heterocycles. The highest BCUT2D eigenvalue weighted by atomic mass is 16.5. The molecule has 25 heavy (non-hydrogen) atoms. The van der Waals surface area contributed by atoms with Gasteiger partial charge in [-0.2, -0.15) is 0 Å². The molecule has 0 aliphatic rings. The van der Waals surface area contributed by atoms with E-state index < -0.39 is 0 Å². The summed E-state index contributed by atoms with van der Waals surface area (Å²) >= 11 is 0. The minimum atomic E-state index is -0.358. The molecule has 5 nitrogen and oxygen atoms in total. The molecule has 0 fully saturated rings. The molecule has 0 radical (unpaired) electrons. The van der Waals surface area contributed by atoms with Crippen LogP contribution < -0.4 is 0 Å². The van der Waals surface area contributed by atoms with Crippen LogP contribution in [0.4, 0.5) is 0 Å². The number of rotatable bonds is 6. The van der Waals surface area contributed by atoms with Crippen molar-refractivity contribution in [1.82, 2.24) is 9.30 Å². The third-order valence-electron chi connectivity index (χ3n) is 4.08. The molecule has 0 aliphatic carbocycles. The topological polar surface area (TPSA) is 51.0 Å². The summed E-state index contributed by atoms with van der Waals surface area (Å²) in [6, 6.07) is 11.1. The van der Waals surface area contributed by atoms with Crippen molar-refractivity contribution in [3.63, 3.8) is 0 Å². The third-order valence-corrected chi connectivity index (χ3v) is 4.08. The van der Waals surface area contributed by atoms with Gasteiger partial charge in [-0.25, -0.2) is 4.79 Å². The first kappa shape index (κ1) is 16.9. The first-order valence-electron chi connectivity index (χ1n) is 8.04. The molecule has 1 aromatic carbocycles. The number of carbonyl (C=O) groups is 2. The number of ether oxygens (including phenoxy) is 1. The molecular formula is C20H20N2O3. The van der Waals surface area contributed by atoms with Gasteiger partial charge >= 0.3 is 5.97 Å². The van der Waals surface area contributed by atoms with Gasteiger partial charge in [-0.05, 0) is 38.4 Å². The van der Waals surface area contributed by atoms with Crippen LogP contribution >= 0.6 is 0 Å². The molecule has 2 heterocycles.